The summed E-state index contributed by atoms with van der Waals surface area (Å²) in [6.07, 6.45) is 17.6. The van der Waals surface area contributed by atoms with Crippen LogP contribution in [0.5, 0.6) is 0 Å². The third-order valence-electron chi connectivity index (χ3n) is 4.44. The summed E-state index contributed by atoms with van der Waals surface area (Å²) in [5.41, 5.74) is 0. The van der Waals surface area contributed by atoms with E-state index < -0.39 is 0 Å². The van der Waals surface area contributed by atoms with Crippen molar-refractivity contribution in [1.29, 1.82) is 0 Å². The van der Waals surface area contributed by atoms with Gasteiger partial charge in [-0.15, -0.1) is 0 Å². The van der Waals surface area contributed by atoms with Crippen molar-refractivity contribution in [3.63, 3.8) is 0 Å². The van der Waals surface area contributed by atoms with Gasteiger partial charge in [0.25, 0.3) is 0 Å². The third-order valence-corrected chi connectivity index (χ3v) is 4.44. The molecular formula is C22H46O3. The molecule has 3 heteroatoms. The van der Waals surface area contributed by atoms with Crippen molar-refractivity contribution in [2.24, 2.45) is 0 Å². The van der Waals surface area contributed by atoms with Crippen molar-refractivity contribution in [2.45, 2.75) is 104 Å². The summed E-state index contributed by atoms with van der Waals surface area (Å²) >= 11 is 0. The molecule has 0 N–H and O–H groups in total. The molecule has 25 heavy (non-hydrogen) atoms. The summed E-state index contributed by atoms with van der Waals surface area (Å²) in [5.74, 6) is 0. The second-order valence-corrected chi connectivity index (χ2v) is 7.08. The van der Waals surface area contributed by atoms with Gasteiger partial charge < -0.3 is 14.2 Å². The first-order chi connectivity index (χ1) is 12.4. The molecule has 3 nitrogen and oxygen atoms in total. The van der Waals surface area contributed by atoms with E-state index >= 15 is 0 Å². The SMILES string of the molecule is CCCCCCCOCCCCOCCCCOCCCCCCC. The van der Waals surface area contributed by atoms with Crippen LogP contribution in [-0.2, 0) is 14.2 Å². The predicted octanol–water partition coefficient (Wildman–Crippen LogP) is 6.54. The van der Waals surface area contributed by atoms with Crippen LogP contribution >= 0.6 is 0 Å². The highest BCUT2D eigenvalue weighted by Crippen LogP contribution is 2.04. The molecule has 0 unspecified atom stereocenters. The Labute approximate surface area is 158 Å². The Morgan fingerprint density at radius 3 is 0.840 bits per heavy atom. The van der Waals surface area contributed by atoms with Crippen LogP contribution in [0.25, 0.3) is 0 Å². The fraction of sp³-hybridized carbons (Fsp3) is 1.00. The minimum absolute atomic E-state index is 0.873. The lowest BCUT2D eigenvalue weighted by molar-refractivity contribution is 0.0890. The van der Waals surface area contributed by atoms with Gasteiger partial charge >= 0.3 is 0 Å². The normalized spacial score (nSPS) is 11.3. The monoisotopic (exact) mass is 358 g/mol. The molecule has 0 radical (unpaired) electrons. The highest BCUT2D eigenvalue weighted by atomic mass is 16.5. The molecule has 0 amide bonds. The Morgan fingerprint density at radius 1 is 0.320 bits per heavy atom. The Bertz CT molecular complexity index is 199. The van der Waals surface area contributed by atoms with E-state index in [0.29, 0.717) is 0 Å². The van der Waals surface area contributed by atoms with Crippen molar-refractivity contribution in [3.05, 3.63) is 0 Å². The van der Waals surface area contributed by atoms with Crippen molar-refractivity contribution in [2.75, 3.05) is 39.6 Å². The molecule has 0 aromatic carbocycles. The van der Waals surface area contributed by atoms with Crippen molar-refractivity contribution in [3.8, 4) is 0 Å². The van der Waals surface area contributed by atoms with E-state index in [1.54, 1.807) is 0 Å². The van der Waals surface area contributed by atoms with Crippen molar-refractivity contribution in [1.82, 2.24) is 0 Å². The molecule has 0 aliphatic carbocycles. The molecule has 0 aromatic rings. The maximum atomic E-state index is 5.67. The molecule has 0 bridgehead atoms. The second-order valence-electron chi connectivity index (χ2n) is 7.08. The summed E-state index contributed by atoms with van der Waals surface area (Å²) in [4.78, 5) is 0. The standard InChI is InChI=1S/C22H46O3/c1-3-5-7-9-11-17-23-19-13-15-21-25-22-16-14-20-24-18-12-10-8-6-4-2/h3-22H2,1-2H3. The van der Waals surface area contributed by atoms with E-state index in [-0.39, 0.29) is 0 Å². The van der Waals surface area contributed by atoms with Gasteiger partial charge in [0.2, 0.25) is 0 Å². The Kier molecular flexibility index (Phi) is 23.8. The fourth-order valence-corrected chi connectivity index (χ4v) is 2.74. The molecule has 0 saturated heterocycles. The van der Waals surface area contributed by atoms with Crippen LogP contribution in [0, 0.1) is 0 Å². The Hall–Kier alpha value is -0.120. The van der Waals surface area contributed by atoms with Crippen LogP contribution in [0.2, 0.25) is 0 Å². The van der Waals surface area contributed by atoms with Gasteiger partial charge in [0, 0.05) is 39.6 Å². The lowest BCUT2D eigenvalue weighted by atomic mass is 10.2. The summed E-state index contributed by atoms with van der Waals surface area (Å²) in [5, 5.41) is 0. The topological polar surface area (TPSA) is 27.7 Å². The Morgan fingerprint density at radius 2 is 0.560 bits per heavy atom. The smallest absolute Gasteiger partial charge is 0.0466 e. The minimum Gasteiger partial charge on any atom is -0.381 e. The molecule has 0 aliphatic rings. The first kappa shape index (κ1) is 24.9. The molecule has 0 saturated carbocycles. The van der Waals surface area contributed by atoms with Crippen LogP contribution in [-0.4, -0.2) is 39.6 Å². The van der Waals surface area contributed by atoms with Gasteiger partial charge in [-0.3, -0.25) is 0 Å². The summed E-state index contributed by atoms with van der Waals surface area (Å²) in [6.45, 7) is 9.90. The zero-order valence-corrected chi connectivity index (χ0v) is 17.4. The predicted molar refractivity (Wildman–Crippen MR) is 108 cm³/mol. The van der Waals surface area contributed by atoms with E-state index in [9.17, 15) is 0 Å². The maximum absolute atomic E-state index is 5.67. The molecular weight excluding hydrogens is 312 g/mol. The molecule has 0 aliphatic heterocycles. The number of hydrogen-bond acceptors (Lipinski definition) is 3. The number of rotatable bonds is 22. The average Bonchev–Trinajstić information content (AvgIpc) is 2.63. The molecule has 152 valence electrons. The number of hydrogen-bond donors (Lipinski definition) is 0. The highest BCUT2D eigenvalue weighted by molar-refractivity contribution is 4.45. The van der Waals surface area contributed by atoms with E-state index in [4.69, 9.17) is 14.2 Å². The van der Waals surface area contributed by atoms with Crippen LogP contribution in [0.1, 0.15) is 104 Å². The van der Waals surface area contributed by atoms with Crippen LogP contribution in [0.3, 0.4) is 0 Å². The van der Waals surface area contributed by atoms with Crippen molar-refractivity contribution >= 4 is 0 Å². The second kappa shape index (κ2) is 23.9. The number of ether oxygens (including phenoxy) is 3. The van der Waals surface area contributed by atoms with E-state index in [1.165, 1.54) is 64.2 Å². The fourth-order valence-electron chi connectivity index (χ4n) is 2.74. The quantitative estimate of drug-likeness (QED) is 0.206. The summed E-state index contributed by atoms with van der Waals surface area (Å²) in [6, 6.07) is 0. The van der Waals surface area contributed by atoms with Crippen molar-refractivity contribution < 1.29 is 14.2 Å². The van der Waals surface area contributed by atoms with Crippen LogP contribution in [0.15, 0.2) is 0 Å². The van der Waals surface area contributed by atoms with E-state index in [2.05, 4.69) is 13.8 Å². The zero-order valence-electron chi connectivity index (χ0n) is 17.4. The van der Waals surface area contributed by atoms with Gasteiger partial charge in [0.05, 0.1) is 0 Å². The van der Waals surface area contributed by atoms with E-state index in [1.807, 2.05) is 0 Å². The molecule has 0 spiro atoms. The summed E-state index contributed by atoms with van der Waals surface area (Å²) < 4.78 is 17.0. The molecule has 0 heterocycles. The summed E-state index contributed by atoms with van der Waals surface area (Å²) in [7, 11) is 0. The zero-order chi connectivity index (χ0) is 18.3. The minimum atomic E-state index is 0.873. The average molecular weight is 359 g/mol. The van der Waals surface area contributed by atoms with Crippen LogP contribution in [0.4, 0.5) is 0 Å². The van der Waals surface area contributed by atoms with Gasteiger partial charge in [0.1, 0.15) is 0 Å². The van der Waals surface area contributed by atoms with Gasteiger partial charge in [0.15, 0.2) is 0 Å². The number of unbranched alkanes of at least 4 members (excludes halogenated alkanes) is 10. The van der Waals surface area contributed by atoms with Crippen LogP contribution < -0.4 is 0 Å². The first-order valence-corrected chi connectivity index (χ1v) is 11.1. The lowest BCUT2D eigenvalue weighted by Crippen LogP contribution is -2.03. The lowest BCUT2D eigenvalue weighted by Gasteiger charge is -2.06. The van der Waals surface area contributed by atoms with Gasteiger partial charge in [-0.05, 0) is 38.5 Å². The van der Waals surface area contributed by atoms with Gasteiger partial charge in [-0.1, -0.05) is 65.2 Å². The third kappa shape index (κ3) is 23.9. The maximum Gasteiger partial charge on any atom is 0.0466 e. The van der Waals surface area contributed by atoms with Gasteiger partial charge in [-0.25, -0.2) is 0 Å². The molecule has 0 fully saturated rings. The molecule has 0 atom stereocenters. The van der Waals surface area contributed by atoms with E-state index in [0.717, 1.165) is 65.3 Å². The highest BCUT2D eigenvalue weighted by Gasteiger charge is 1.94. The largest absolute Gasteiger partial charge is 0.381 e. The Balaban J connectivity index is 2.94. The first-order valence-electron chi connectivity index (χ1n) is 11.1. The molecule has 0 rings (SSSR count). The molecule has 0 aromatic heterocycles. The van der Waals surface area contributed by atoms with Gasteiger partial charge in [-0.2, -0.15) is 0 Å².